The molecule has 0 aliphatic carbocycles. The van der Waals surface area contributed by atoms with E-state index in [9.17, 15) is 4.79 Å². The van der Waals surface area contributed by atoms with Gasteiger partial charge in [-0.1, -0.05) is 91.0 Å². The van der Waals surface area contributed by atoms with E-state index in [1.165, 1.54) is 11.1 Å². The summed E-state index contributed by atoms with van der Waals surface area (Å²) in [6, 6.07) is 28.0. The molecule has 0 aliphatic rings. The zero-order valence-electron chi connectivity index (χ0n) is 12.9. The molecule has 0 bridgehead atoms. The van der Waals surface area contributed by atoms with Crippen LogP contribution in [-0.4, -0.2) is 5.78 Å². The first-order chi connectivity index (χ1) is 11.3. The molecule has 0 saturated carbocycles. The molecule has 3 rings (SSSR count). The molecular formula is C22H18O. The van der Waals surface area contributed by atoms with Gasteiger partial charge in [0.15, 0.2) is 5.78 Å². The van der Waals surface area contributed by atoms with Crippen LogP contribution in [0.3, 0.4) is 0 Å². The lowest BCUT2D eigenvalue weighted by Gasteiger charge is -2.03. The minimum Gasteiger partial charge on any atom is -0.289 e. The highest BCUT2D eigenvalue weighted by Gasteiger charge is 2.02. The Kier molecular flexibility index (Phi) is 4.80. The lowest BCUT2D eigenvalue weighted by molar-refractivity contribution is 0.104. The van der Waals surface area contributed by atoms with Crippen molar-refractivity contribution in [3.63, 3.8) is 0 Å². The molecule has 0 heterocycles. The van der Waals surface area contributed by atoms with Gasteiger partial charge in [-0.25, -0.2) is 0 Å². The Bertz CT molecular complexity index is 784. The third-order valence-corrected chi connectivity index (χ3v) is 3.72. The SMILES string of the molecule is O=C(C=Cc1ccccc1)c1ccc(Cc2ccccc2)cc1. The summed E-state index contributed by atoms with van der Waals surface area (Å²) in [5.41, 5.74) is 4.23. The molecule has 0 saturated heterocycles. The number of ketones is 1. The first kappa shape index (κ1) is 15.0. The van der Waals surface area contributed by atoms with Crippen LogP contribution in [0.1, 0.15) is 27.0 Å². The lowest BCUT2D eigenvalue weighted by atomic mass is 10.0. The fraction of sp³-hybridized carbons (Fsp3) is 0.0455. The van der Waals surface area contributed by atoms with Gasteiger partial charge in [0.05, 0.1) is 0 Å². The van der Waals surface area contributed by atoms with Crippen LogP contribution in [0, 0.1) is 0 Å². The van der Waals surface area contributed by atoms with Gasteiger partial charge in [0.1, 0.15) is 0 Å². The highest BCUT2D eigenvalue weighted by atomic mass is 16.1. The quantitative estimate of drug-likeness (QED) is 0.469. The van der Waals surface area contributed by atoms with Gasteiger partial charge in [0.2, 0.25) is 0 Å². The van der Waals surface area contributed by atoms with E-state index < -0.39 is 0 Å². The van der Waals surface area contributed by atoms with E-state index in [1.54, 1.807) is 6.08 Å². The molecule has 112 valence electrons. The standard InChI is InChI=1S/C22H18O/c23-22(16-13-18-7-3-1-4-8-18)21-14-11-20(12-15-21)17-19-9-5-2-6-10-19/h1-16H,17H2. The van der Waals surface area contributed by atoms with Crippen LogP contribution in [0.25, 0.3) is 6.08 Å². The van der Waals surface area contributed by atoms with Crippen LogP contribution in [-0.2, 0) is 6.42 Å². The van der Waals surface area contributed by atoms with E-state index in [-0.39, 0.29) is 5.78 Å². The number of carbonyl (C=O) groups is 1. The van der Waals surface area contributed by atoms with Crippen molar-refractivity contribution in [3.8, 4) is 0 Å². The van der Waals surface area contributed by atoms with Crippen LogP contribution in [0.15, 0.2) is 91.0 Å². The van der Waals surface area contributed by atoms with Gasteiger partial charge in [-0.3, -0.25) is 4.79 Å². The highest BCUT2D eigenvalue weighted by molar-refractivity contribution is 6.06. The molecule has 1 heteroatoms. The van der Waals surface area contributed by atoms with E-state index in [1.807, 2.05) is 78.9 Å². The number of rotatable bonds is 5. The smallest absolute Gasteiger partial charge is 0.185 e. The zero-order valence-corrected chi connectivity index (χ0v) is 12.9. The maximum atomic E-state index is 12.2. The van der Waals surface area contributed by atoms with Gasteiger partial charge >= 0.3 is 0 Å². The second kappa shape index (κ2) is 7.37. The number of hydrogen-bond acceptors (Lipinski definition) is 1. The Labute approximate surface area is 136 Å². The number of hydrogen-bond donors (Lipinski definition) is 0. The van der Waals surface area contributed by atoms with Gasteiger partial charge in [0, 0.05) is 5.56 Å². The molecule has 0 fully saturated rings. The lowest BCUT2D eigenvalue weighted by Crippen LogP contribution is -1.95. The van der Waals surface area contributed by atoms with Crippen LogP contribution >= 0.6 is 0 Å². The summed E-state index contributed by atoms with van der Waals surface area (Å²) < 4.78 is 0. The Balaban J connectivity index is 1.67. The van der Waals surface area contributed by atoms with Gasteiger partial charge in [-0.05, 0) is 29.2 Å². The van der Waals surface area contributed by atoms with Crippen molar-refractivity contribution < 1.29 is 4.79 Å². The zero-order chi connectivity index (χ0) is 15.9. The van der Waals surface area contributed by atoms with E-state index in [0.29, 0.717) is 5.56 Å². The third-order valence-electron chi connectivity index (χ3n) is 3.72. The predicted octanol–water partition coefficient (Wildman–Crippen LogP) is 5.17. The van der Waals surface area contributed by atoms with E-state index >= 15 is 0 Å². The average Bonchev–Trinajstić information content (AvgIpc) is 2.62. The number of benzene rings is 3. The van der Waals surface area contributed by atoms with Crippen LogP contribution in [0.4, 0.5) is 0 Å². The van der Waals surface area contributed by atoms with Crippen molar-refractivity contribution in [2.45, 2.75) is 6.42 Å². The molecule has 0 aromatic heterocycles. The van der Waals surface area contributed by atoms with Gasteiger partial charge in [0.25, 0.3) is 0 Å². The Hall–Kier alpha value is -2.93. The first-order valence-corrected chi connectivity index (χ1v) is 7.71. The molecule has 0 N–H and O–H groups in total. The summed E-state index contributed by atoms with van der Waals surface area (Å²) in [4.78, 5) is 12.2. The molecule has 0 spiro atoms. The first-order valence-electron chi connectivity index (χ1n) is 7.71. The van der Waals surface area contributed by atoms with Crippen molar-refractivity contribution in [1.29, 1.82) is 0 Å². The topological polar surface area (TPSA) is 17.1 Å². The monoisotopic (exact) mass is 298 g/mol. The second-order valence-corrected chi connectivity index (χ2v) is 5.47. The molecule has 0 atom stereocenters. The molecular weight excluding hydrogens is 280 g/mol. The van der Waals surface area contributed by atoms with Crippen molar-refractivity contribution in [3.05, 3.63) is 113 Å². The molecule has 0 amide bonds. The van der Waals surface area contributed by atoms with E-state index in [4.69, 9.17) is 0 Å². The van der Waals surface area contributed by atoms with E-state index in [2.05, 4.69) is 12.1 Å². The molecule has 3 aromatic carbocycles. The van der Waals surface area contributed by atoms with Crippen molar-refractivity contribution in [2.75, 3.05) is 0 Å². The number of allylic oxidation sites excluding steroid dienone is 1. The van der Waals surface area contributed by atoms with Crippen LogP contribution < -0.4 is 0 Å². The van der Waals surface area contributed by atoms with E-state index in [0.717, 1.165) is 12.0 Å². The highest BCUT2D eigenvalue weighted by Crippen LogP contribution is 2.12. The summed E-state index contributed by atoms with van der Waals surface area (Å²) >= 11 is 0. The minimum atomic E-state index is 0.0279. The largest absolute Gasteiger partial charge is 0.289 e. The summed E-state index contributed by atoms with van der Waals surface area (Å²) in [5, 5.41) is 0. The Morgan fingerprint density at radius 1 is 0.696 bits per heavy atom. The van der Waals surface area contributed by atoms with Gasteiger partial charge in [-0.2, -0.15) is 0 Å². The van der Waals surface area contributed by atoms with Crippen molar-refractivity contribution in [1.82, 2.24) is 0 Å². The van der Waals surface area contributed by atoms with Crippen molar-refractivity contribution >= 4 is 11.9 Å². The summed E-state index contributed by atoms with van der Waals surface area (Å²) in [6.45, 7) is 0. The van der Waals surface area contributed by atoms with Crippen LogP contribution in [0.2, 0.25) is 0 Å². The molecule has 0 unspecified atom stereocenters. The number of carbonyl (C=O) groups excluding carboxylic acids is 1. The summed E-state index contributed by atoms with van der Waals surface area (Å²) in [6.07, 6.45) is 4.36. The molecule has 3 aromatic rings. The fourth-order valence-corrected chi connectivity index (χ4v) is 2.45. The van der Waals surface area contributed by atoms with Gasteiger partial charge in [-0.15, -0.1) is 0 Å². The van der Waals surface area contributed by atoms with Crippen LogP contribution in [0.5, 0.6) is 0 Å². The fourth-order valence-electron chi connectivity index (χ4n) is 2.45. The predicted molar refractivity (Wildman–Crippen MR) is 95.5 cm³/mol. The molecule has 0 aliphatic heterocycles. The Morgan fingerprint density at radius 2 is 1.26 bits per heavy atom. The van der Waals surface area contributed by atoms with Crippen molar-refractivity contribution in [2.24, 2.45) is 0 Å². The minimum absolute atomic E-state index is 0.0279. The summed E-state index contributed by atoms with van der Waals surface area (Å²) in [7, 11) is 0. The normalized spacial score (nSPS) is 10.8. The Morgan fingerprint density at radius 3 is 1.91 bits per heavy atom. The second-order valence-electron chi connectivity index (χ2n) is 5.47. The summed E-state index contributed by atoms with van der Waals surface area (Å²) in [5.74, 6) is 0.0279. The average molecular weight is 298 g/mol. The third kappa shape index (κ3) is 4.27. The molecule has 0 radical (unpaired) electrons. The molecule has 1 nitrogen and oxygen atoms in total. The maximum Gasteiger partial charge on any atom is 0.185 e. The van der Waals surface area contributed by atoms with Gasteiger partial charge < -0.3 is 0 Å². The maximum absolute atomic E-state index is 12.2. The molecule has 23 heavy (non-hydrogen) atoms.